The van der Waals surface area contributed by atoms with Crippen LogP contribution >= 0.6 is 0 Å². The molecule has 0 saturated carbocycles. The van der Waals surface area contributed by atoms with Crippen LogP contribution in [-0.4, -0.2) is 16.3 Å². The molecule has 0 aliphatic rings. The highest BCUT2D eigenvalue weighted by molar-refractivity contribution is 5.63. The van der Waals surface area contributed by atoms with Gasteiger partial charge < -0.3 is 11.1 Å². The maximum Gasteiger partial charge on any atom is 0.168 e. The van der Waals surface area contributed by atoms with E-state index in [1.54, 1.807) is 4.68 Å². The molecule has 0 bridgehead atoms. The predicted molar refractivity (Wildman–Crippen MR) is 55.8 cm³/mol. The van der Waals surface area contributed by atoms with Gasteiger partial charge in [-0.3, -0.25) is 0 Å². The largest absolute Gasteiger partial charge is 0.383 e. The van der Waals surface area contributed by atoms with Crippen LogP contribution in [0.25, 0.3) is 0 Å². The lowest BCUT2D eigenvalue weighted by Crippen LogP contribution is -2.03. The van der Waals surface area contributed by atoms with E-state index in [1.807, 2.05) is 6.92 Å². The molecule has 76 valence electrons. The van der Waals surface area contributed by atoms with Crippen LogP contribution in [0, 0.1) is 11.3 Å². The van der Waals surface area contributed by atoms with Gasteiger partial charge in [-0.2, -0.15) is 10.4 Å². The van der Waals surface area contributed by atoms with E-state index in [9.17, 15) is 0 Å². The molecule has 0 unspecified atom stereocenters. The van der Waals surface area contributed by atoms with E-state index in [4.69, 9.17) is 11.0 Å². The zero-order valence-electron chi connectivity index (χ0n) is 8.54. The van der Waals surface area contributed by atoms with Crippen LogP contribution in [0.1, 0.15) is 25.8 Å². The normalized spacial score (nSPS) is 9.79. The van der Waals surface area contributed by atoms with Crippen molar-refractivity contribution in [3.05, 3.63) is 5.56 Å². The van der Waals surface area contributed by atoms with E-state index in [2.05, 4.69) is 23.4 Å². The van der Waals surface area contributed by atoms with Gasteiger partial charge in [-0.15, -0.1) is 0 Å². The zero-order chi connectivity index (χ0) is 10.6. The highest BCUT2D eigenvalue weighted by Gasteiger charge is 2.13. The summed E-state index contributed by atoms with van der Waals surface area (Å²) in [6.07, 6.45) is 0.990. The minimum Gasteiger partial charge on any atom is -0.383 e. The van der Waals surface area contributed by atoms with Crippen molar-refractivity contribution in [3.63, 3.8) is 0 Å². The second-order valence-electron chi connectivity index (χ2n) is 2.96. The molecule has 0 aromatic carbocycles. The van der Waals surface area contributed by atoms with Gasteiger partial charge in [0.15, 0.2) is 5.82 Å². The van der Waals surface area contributed by atoms with Crippen molar-refractivity contribution in [3.8, 4) is 6.07 Å². The maximum absolute atomic E-state index is 8.88. The number of aryl methyl sites for hydroxylation is 1. The van der Waals surface area contributed by atoms with Gasteiger partial charge in [0.1, 0.15) is 17.5 Å². The van der Waals surface area contributed by atoms with E-state index >= 15 is 0 Å². The lowest BCUT2D eigenvalue weighted by molar-refractivity contribution is 0.671. The summed E-state index contributed by atoms with van der Waals surface area (Å²) in [6.45, 7) is 5.47. The summed E-state index contributed by atoms with van der Waals surface area (Å²) in [6, 6.07) is 2.06. The summed E-state index contributed by atoms with van der Waals surface area (Å²) in [5.74, 6) is 1.03. The molecule has 14 heavy (non-hydrogen) atoms. The van der Waals surface area contributed by atoms with E-state index in [1.165, 1.54) is 0 Å². The van der Waals surface area contributed by atoms with E-state index < -0.39 is 0 Å². The average molecular weight is 193 g/mol. The standard InChI is InChI=1S/C9H15N5/c1-3-5-12-9-7(6-10)8(11)14(4-2)13-9/h3-5,11H2,1-2H3,(H,12,13). The average Bonchev–Trinajstić information content (AvgIpc) is 2.51. The highest BCUT2D eigenvalue weighted by atomic mass is 15.3. The molecule has 1 aromatic heterocycles. The molecule has 0 atom stereocenters. The third-order valence-corrected chi connectivity index (χ3v) is 1.95. The van der Waals surface area contributed by atoms with Crippen LogP contribution in [0.3, 0.4) is 0 Å². The molecule has 0 saturated heterocycles. The van der Waals surface area contributed by atoms with E-state index in [0.717, 1.165) is 13.0 Å². The highest BCUT2D eigenvalue weighted by Crippen LogP contribution is 2.19. The number of nitrogen functional groups attached to an aromatic ring is 1. The number of nitrogens with two attached hydrogens (primary N) is 1. The van der Waals surface area contributed by atoms with Crippen molar-refractivity contribution in [2.45, 2.75) is 26.8 Å². The van der Waals surface area contributed by atoms with Crippen molar-refractivity contribution >= 4 is 11.6 Å². The quantitative estimate of drug-likeness (QED) is 0.752. The summed E-state index contributed by atoms with van der Waals surface area (Å²) in [7, 11) is 0. The fourth-order valence-corrected chi connectivity index (χ4v) is 1.19. The number of nitrogens with one attached hydrogen (secondary N) is 1. The number of nitrogens with zero attached hydrogens (tertiary/aromatic N) is 3. The number of rotatable bonds is 4. The number of nitriles is 1. The van der Waals surface area contributed by atoms with Crippen LogP contribution < -0.4 is 11.1 Å². The molecule has 1 rings (SSSR count). The third-order valence-electron chi connectivity index (χ3n) is 1.95. The zero-order valence-corrected chi connectivity index (χ0v) is 8.54. The fourth-order valence-electron chi connectivity index (χ4n) is 1.19. The molecular formula is C9H15N5. The van der Waals surface area contributed by atoms with Gasteiger partial charge in [0.2, 0.25) is 0 Å². The van der Waals surface area contributed by atoms with Gasteiger partial charge in [-0.05, 0) is 13.3 Å². The Hall–Kier alpha value is -1.70. The Morgan fingerprint density at radius 1 is 1.57 bits per heavy atom. The summed E-state index contributed by atoms with van der Waals surface area (Å²) in [5.41, 5.74) is 6.18. The van der Waals surface area contributed by atoms with Crippen molar-refractivity contribution in [1.29, 1.82) is 5.26 Å². The Kier molecular flexibility index (Phi) is 3.35. The maximum atomic E-state index is 8.88. The number of aromatic nitrogens is 2. The molecule has 0 fully saturated rings. The Labute approximate surface area is 83.5 Å². The molecule has 0 amide bonds. The van der Waals surface area contributed by atoms with Crippen molar-refractivity contribution in [1.82, 2.24) is 9.78 Å². The first-order valence-corrected chi connectivity index (χ1v) is 4.74. The smallest absolute Gasteiger partial charge is 0.168 e. The van der Waals surface area contributed by atoms with Gasteiger partial charge in [-0.25, -0.2) is 4.68 Å². The minimum atomic E-state index is 0.439. The summed E-state index contributed by atoms with van der Waals surface area (Å²) >= 11 is 0. The third kappa shape index (κ3) is 1.79. The second kappa shape index (κ2) is 4.51. The summed E-state index contributed by atoms with van der Waals surface area (Å²) in [4.78, 5) is 0. The summed E-state index contributed by atoms with van der Waals surface area (Å²) in [5, 5.41) is 16.2. The number of hydrogen-bond donors (Lipinski definition) is 2. The van der Waals surface area contributed by atoms with Crippen molar-refractivity contribution in [2.75, 3.05) is 17.6 Å². The fraction of sp³-hybridized carbons (Fsp3) is 0.556. The van der Waals surface area contributed by atoms with Crippen LogP contribution in [-0.2, 0) is 6.54 Å². The van der Waals surface area contributed by atoms with Crippen LogP contribution in [0.15, 0.2) is 0 Å². The Morgan fingerprint density at radius 3 is 2.79 bits per heavy atom. The van der Waals surface area contributed by atoms with Gasteiger partial charge in [0.05, 0.1) is 0 Å². The van der Waals surface area contributed by atoms with E-state index in [-0.39, 0.29) is 0 Å². The molecule has 0 radical (unpaired) electrons. The molecular weight excluding hydrogens is 178 g/mol. The molecule has 0 aliphatic heterocycles. The number of hydrogen-bond acceptors (Lipinski definition) is 4. The Balaban J connectivity index is 2.98. The van der Waals surface area contributed by atoms with Crippen LogP contribution in [0.4, 0.5) is 11.6 Å². The molecule has 5 heteroatoms. The molecule has 0 spiro atoms. The van der Waals surface area contributed by atoms with E-state index in [0.29, 0.717) is 23.7 Å². The van der Waals surface area contributed by atoms with Crippen LogP contribution in [0.5, 0.6) is 0 Å². The first-order valence-electron chi connectivity index (χ1n) is 4.74. The molecule has 0 aliphatic carbocycles. The predicted octanol–water partition coefficient (Wildman–Crippen LogP) is 1.18. The SMILES string of the molecule is CCCNc1nn(CC)c(N)c1C#N. The number of anilines is 2. The lowest BCUT2D eigenvalue weighted by Gasteiger charge is -1.98. The van der Waals surface area contributed by atoms with Gasteiger partial charge in [-0.1, -0.05) is 6.92 Å². The van der Waals surface area contributed by atoms with Gasteiger partial charge >= 0.3 is 0 Å². The topological polar surface area (TPSA) is 79.7 Å². The van der Waals surface area contributed by atoms with Gasteiger partial charge in [0.25, 0.3) is 0 Å². The first kappa shape index (κ1) is 10.4. The molecule has 3 N–H and O–H groups in total. The molecule has 1 aromatic rings. The summed E-state index contributed by atoms with van der Waals surface area (Å²) < 4.78 is 1.62. The van der Waals surface area contributed by atoms with Crippen molar-refractivity contribution < 1.29 is 0 Å². The second-order valence-corrected chi connectivity index (χ2v) is 2.96. The monoisotopic (exact) mass is 193 g/mol. The van der Waals surface area contributed by atoms with Crippen LogP contribution in [0.2, 0.25) is 0 Å². The lowest BCUT2D eigenvalue weighted by atomic mass is 10.3. The first-order chi connectivity index (χ1) is 6.74. The van der Waals surface area contributed by atoms with Gasteiger partial charge in [0, 0.05) is 13.1 Å². The molecule has 5 nitrogen and oxygen atoms in total. The Morgan fingerprint density at radius 2 is 2.29 bits per heavy atom. The Bertz CT molecular complexity index is 347. The molecule has 1 heterocycles. The minimum absolute atomic E-state index is 0.439. The van der Waals surface area contributed by atoms with Crippen molar-refractivity contribution in [2.24, 2.45) is 0 Å².